The summed E-state index contributed by atoms with van der Waals surface area (Å²) in [6.45, 7) is 8.49. The van der Waals surface area contributed by atoms with Gasteiger partial charge in [-0.25, -0.2) is 0 Å². The van der Waals surface area contributed by atoms with Crippen molar-refractivity contribution in [2.75, 3.05) is 26.2 Å². The molecule has 27 heavy (non-hydrogen) atoms. The van der Waals surface area contributed by atoms with Gasteiger partial charge in [-0.1, -0.05) is 32.4 Å². The van der Waals surface area contributed by atoms with E-state index in [1.165, 1.54) is 0 Å². The van der Waals surface area contributed by atoms with Crippen LogP contribution in [-0.4, -0.2) is 54.0 Å². The Bertz CT molecular complexity index is 637. The molecule has 6 heteroatoms. The molecule has 2 N–H and O–H groups in total. The number of likely N-dealkylation sites (tertiary alicyclic amines) is 1. The molecule has 0 aliphatic carbocycles. The molecule has 150 valence electrons. The molecule has 1 aliphatic heterocycles. The fourth-order valence-electron chi connectivity index (χ4n) is 3.28. The first-order valence-corrected chi connectivity index (χ1v) is 10.0. The lowest BCUT2D eigenvalue weighted by Gasteiger charge is -2.32. The van der Waals surface area contributed by atoms with E-state index < -0.39 is 11.5 Å². The molecule has 1 atom stereocenters. The van der Waals surface area contributed by atoms with Crippen molar-refractivity contribution in [2.45, 2.75) is 46.1 Å². The van der Waals surface area contributed by atoms with Gasteiger partial charge in [0, 0.05) is 30.1 Å². The van der Waals surface area contributed by atoms with Crippen molar-refractivity contribution in [3.63, 3.8) is 0 Å². The van der Waals surface area contributed by atoms with E-state index in [0.29, 0.717) is 17.1 Å². The van der Waals surface area contributed by atoms with E-state index in [2.05, 4.69) is 17.1 Å². The summed E-state index contributed by atoms with van der Waals surface area (Å²) in [6.07, 6.45) is 1.79. The zero-order chi connectivity index (χ0) is 20.0. The van der Waals surface area contributed by atoms with Crippen LogP contribution >= 0.6 is 11.6 Å². The Kier molecular flexibility index (Phi) is 7.83. The highest BCUT2D eigenvalue weighted by atomic mass is 35.5. The molecule has 1 aromatic carbocycles. The van der Waals surface area contributed by atoms with Crippen molar-refractivity contribution in [2.24, 2.45) is 11.3 Å². The van der Waals surface area contributed by atoms with Crippen LogP contribution in [0.15, 0.2) is 24.3 Å². The number of nitrogens with one attached hydrogen (secondary N) is 1. The second-order valence-electron chi connectivity index (χ2n) is 8.34. The number of β-amino-alcohol motifs (C(OH)–C–C–N with tert-alkyl or cyclic N) is 1. The predicted molar refractivity (Wildman–Crippen MR) is 108 cm³/mol. The fourth-order valence-corrected chi connectivity index (χ4v) is 3.40. The number of carbonyl (C=O) groups is 2. The van der Waals surface area contributed by atoms with E-state index in [1.54, 1.807) is 38.1 Å². The quantitative estimate of drug-likeness (QED) is 0.664. The molecule has 1 heterocycles. The molecular formula is C21H31ClN2O3. The van der Waals surface area contributed by atoms with Crippen molar-refractivity contribution < 1.29 is 14.7 Å². The molecule has 1 aromatic rings. The molecule has 2 rings (SSSR count). The molecular weight excluding hydrogens is 364 g/mol. The minimum absolute atomic E-state index is 0.0978. The van der Waals surface area contributed by atoms with E-state index in [4.69, 9.17) is 11.6 Å². The molecule has 0 radical (unpaired) electrons. The van der Waals surface area contributed by atoms with E-state index in [1.807, 2.05) is 0 Å². The zero-order valence-electron chi connectivity index (χ0n) is 16.5. The van der Waals surface area contributed by atoms with Gasteiger partial charge in [0.15, 0.2) is 5.78 Å². The molecule has 0 saturated carbocycles. The van der Waals surface area contributed by atoms with Crippen LogP contribution < -0.4 is 5.32 Å². The zero-order valence-corrected chi connectivity index (χ0v) is 17.3. The minimum atomic E-state index is -0.850. The lowest BCUT2D eigenvalue weighted by Crippen LogP contribution is -2.46. The number of piperidine rings is 1. The van der Waals surface area contributed by atoms with E-state index in [9.17, 15) is 14.7 Å². The Morgan fingerprint density at radius 1 is 1.26 bits per heavy atom. The largest absolute Gasteiger partial charge is 0.390 e. The normalized spacial score (nSPS) is 17.5. The molecule has 0 aromatic heterocycles. The van der Waals surface area contributed by atoms with Crippen molar-refractivity contribution in [3.8, 4) is 0 Å². The van der Waals surface area contributed by atoms with Gasteiger partial charge in [-0.15, -0.1) is 0 Å². The molecule has 0 spiro atoms. The monoisotopic (exact) mass is 394 g/mol. The van der Waals surface area contributed by atoms with Crippen molar-refractivity contribution in [1.82, 2.24) is 10.2 Å². The number of halogens is 1. The average molecular weight is 395 g/mol. The number of hydrogen-bond acceptors (Lipinski definition) is 4. The van der Waals surface area contributed by atoms with Crippen LogP contribution in [0.25, 0.3) is 0 Å². The maximum absolute atomic E-state index is 12.5. The van der Waals surface area contributed by atoms with Crippen LogP contribution in [0.4, 0.5) is 0 Å². The molecule has 5 nitrogen and oxygen atoms in total. The third-order valence-corrected chi connectivity index (χ3v) is 5.48. The van der Waals surface area contributed by atoms with Crippen LogP contribution in [-0.2, 0) is 4.79 Å². The second kappa shape index (κ2) is 9.67. The van der Waals surface area contributed by atoms with Gasteiger partial charge >= 0.3 is 0 Å². The van der Waals surface area contributed by atoms with Gasteiger partial charge in [0.1, 0.15) is 0 Å². The van der Waals surface area contributed by atoms with Gasteiger partial charge in [0.2, 0.25) is 5.91 Å². The number of amides is 1. The van der Waals surface area contributed by atoms with Gasteiger partial charge in [-0.05, 0) is 56.1 Å². The number of rotatable bonds is 8. The van der Waals surface area contributed by atoms with E-state index in [0.717, 1.165) is 31.8 Å². The van der Waals surface area contributed by atoms with Gasteiger partial charge in [-0.2, -0.15) is 0 Å². The fraction of sp³-hybridized carbons (Fsp3) is 0.619. The summed E-state index contributed by atoms with van der Waals surface area (Å²) in [5.74, 6) is 0.419. The standard InChI is InChI=1S/C21H31ClN2O3/c1-15-8-10-24(11-9-15)14-18(25)13-23-20(27)21(2,3)12-19(26)16-4-6-17(22)7-5-16/h4-7,15,18,25H,8-14H2,1-3H3,(H,23,27)/t18-/m1/s1. The Morgan fingerprint density at radius 2 is 1.85 bits per heavy atom. The number of carbonyl (C=O) groups excluding carboxylic acids is 2. The Hall–Kier alpha value is -1.43. The second-order valence-corrected chi connectivity index (χ2v) is 8.77. The maximum Gasteiger partial charge on any atom is 0.226 e. The summed E-state index contributed by atoms with van der Waals surface area (Å²) in [4.78, 5) is 27.2. The SMILES string of the molecule is CC1CCN(C[C@H](O)CNC(=O)C(C)(C)CC(=O)c2ccc(Cl)cc2)CC1. The third-order valence-electron chi connectivity index (χ3n) is 5.23. The van der Waals surface area contributed by atoms with Gasteiger partial charge in [0.25, 0.3) is 0 Å². The van der Waals surface area contributed by atoms with Crippen LogP contribution in [0.1, 0.15) is 50.4 Å². The first kappa shape index (κ1) is 21.9. The highest BCUT2D eigenvalue weighted by molar-refractivity contribution is 6.30. The summed E-state index contributed by atoms with van der Waals surface area (Å²) in [7, 11) is 0. The molecule has 0 unspecified atom stereocenters. The summed E-state index contributed by atoms with van der Waals surface area (Å²) in [5.41, 5.74) is -0.309. The van der Waals surface area contributed by atoms with Crippen LogP contribution in [0.3, 0.4) is 0 Å². The molecule has 1 amide bonds. The summed E-state index contributed by atoms with van der Waals surface area (Å²) < 4.78 is 0. The number of benzene rings is 1. The van der Waals surface area contributed by atoms with Crippen molar-refractivity contribution in [1.29, 1.82) is 0 Å². The highest BCUT2D eigenvalue weighted by Crippen LogP contribution is 2.24. The number of Topliss-reactive ketones (excluding diaryl/α,β-unsaturated/α-hetero) is 1. The van der Waals surface area contributed by atoms with Crippen LogP contribution in [0.2, 0.25) is 5.02 Å². The highest BCUT2D eigenvalue weighted by Gasteiger charge is 2.31. The first-order valence-electron chi connectivity index (χ1n) is 9.65. The molecule has 1 fully saturated rings. The minimum Gasteiger partial charge on any atom is -0.390 e. The van der Waals surface area contributed by atoms with Crippen LogP contribution in [0, 0.1) is 11.3 Å². The van der Waals surface area contributed by atoms with Crippen LogP contribution in [0.5, 0.6) is 0 Å². The Labute approximate surface area is 167 Å². The third kappa shape index (κ3) is 6.91. The first-order chi connectivity index (χ1) is 12.7. The number of aliphatic hydroxyl groups is 1. The Morgan fingerprint density at radius 3 is 2.44 bits per heavy atom. The molecule has 1 aliphatic rings. The van der Waals surface area contributed by atoms with Gasteiger partial charge < -0.3 is 15.3 Å². The lowest BCUT2D eigenvalue weighted by atomic mass is 9.84. The number of nitrogens with zero attached hydrogens (tertiary/aromatic N) is 1. The topological polar surface area (TPSA) is 69.6 Å². The average Bonchev–Trinajstić information content (AvgIpc) is 2.61. The van der Waals surface area contributed by atoms with Crippen molar-refractivity contribution >= 4 is 23.3 Å². The van der Waals surface area contributed by atoms with E-state index in [-0.39, 0.29) is 24.7 Å². The van der Waals surface area contributed by atoms with Gasteiger partial charge in [0.05, 0.1) is 11.5 Å². The van der Waals surface area contributed by atoms with Gasteiger partial charge in [-0.3, -0.25) is 9.59 Å². The van der Waals surface area contributed by atoms with Crippen molar-refractivity contribution in [3.05, 3.63) is 34.9 Å². The number of hydrogen-bond donors (Lipinski definition) is 2. The maximum atomic E-state index is 12.5. The lowest BCUT2D eigenvalue weighted by molar-refractivity contribution is -0.129. The smallest absolute Gasteiger partial charge is 0.226 e. The predicted octanol–water partition coefficient (Wildman–Crippen LogP) is 3.15. The summed E-state index contributed by atoms with van der Waals surface area (Å²) in [6, 6.07) is 6.67. The number of aliphatic hydroxyl groups excluding tert-OH is 1. The number of ketones is 1. The van der Waals surface area contributed by atoms with E-state index >= 15 is 0 Å². The molecule has 1 saturated heterocycles. The molecule has 0 bridgehead atoms. The summed E-state index contributed by atoms with van der Waals surface area (Å²) >= 11 is 5.85. The summed E-state index contributed by atoms with van der Waals surface area (Å²) in [5, 5.41) is 13.6. The Balaban J connectivity index is 1.79.